The molecule has 1 atom stereocenters. The maximum atomic E-state index is 6.49. The van der Waals surface area contributed by atoms with Crippen LogP contribution in [0.5, 0.6) is 11.5 Å². The van der Waals surface area contributed by atoms with E-state index in [1.807, 2.05) is 18.2 Å². The van der Waals surface area contributed by atoms with Gasteiger partial charge in [0.15, 0.2) is 11.5 Å². The van der Waals surface area contributed by atoms with E-state index in [-0.39, 0.29) is 6.04 Å². The van der Waals surface area contributed by atoms with Gasteiger partial charge in [-0.05, 0) is 61.8 Å². The first-order valence-corrected chi connectivity index (χ1v) is 9.92. The Hall–Kier alpha value is -1.46. The van der Waals surface area contributed by atoms with Crippen molar-refractivity contribution in [3.05, 3.63) is 57.1 Å². The molecule has 2 aromatic carbocycles. The molecule has 0 bridgehead atoms. The smallest absolute Gasteiger partial charge is 0.161 e. The minimum absolute atomic E-state index is 0.0185. The SMILES string of the molecule is COc1cc2c(cc1OCCCN(C)C)C(c1cccc(Cl)c1Cl)NCC2. The van der Waals surface area contributed by atoms with Gasteiger partial charge >= 0.3 is 0 Å². The molecule has 4 nitrogen and oxygen atoms in total. The van der Waals surface area contributed by atoms with Crippen molar-refractivity contribution in [1.29, 1.82) is 0 Å². The number of hydrogen-bond donors (Lipinski definition) is 1. The molecule has 1 unspecified atom stereocenters. The van der Waals surface area contributed by atoms with Gasteiger partial charge in [-0.1, -0.05) is 35.3 Å². The van der Waals surface area contributed by atoms with Crippen molar-refractivity contribution in [3.63, 3.8) is 0 Å². The predicted molar refractivity (Wildman–Crippen MR) is 112 cm³/mol. The summed E-state index contributed by atoms with van der Waals surface area (Å²) in [5, 5.41) is 4.72. The molecule has 0 saturated heterocycles. The fraction of sp³-hybridized carbons (Fsp3) is 0.429. The van der Waals surface area contributed by atoms with Crippen LogP contribution in [0.2, 0.25) is 10.0 Å². The van der Waals surface area contributed by atoms with E-state index in [0.717, 1.165) is 48.6 Å². The minimum atomic E-state index is -0.0185. The Morgan fingerprint density at radius 2 is 1.96 bits per heavy atom. The number of halogens is 2. The summed E-state index contributed by atoms with van der Waals surface area (Å²) in [6.07, 6.45) is 1.89. The molecule has 1 aliphatic rings. The van der Waals surface area contributed by atoms with Crippen molar-refractivity contribution < 1.29 is 9.47 Å². The van der Waals surface area contributed by atoms with Crippen molar-refractivity contribution in [2.75, 3.05) is 40.9 Å². The van der Waals surface area contributed by atoms with Gasteiger partial charge in [0.2, 0.25) is 0 Å². The molecule has 6 heteroatoms. The molecule has 0 saturated carbocycles. The maximum absolute atomic E-state index is 6.49. The Balaban J connectivity index is 1.91. The first-order valence-electron chi connectivity index (χ1n) is 9.17. The number of ether oxygens (including phenoxy) is 2. The topological polar surface area (TPSA) is 33.7 Å². The molecule has 27 heavy (non-hydrogen) atoms. The standard InChI is InChI=1S/C21H26Cl2N2O2/c1-25(2)10-5-11-27-19-13-16-14(12-18(19)26-3)8-9-24-21(16)15-6-4-7-17(22)20(15)23/h4,6-7,12-13,21,24H,5,8-11H2,1-3H3. The van der Waals surface area contributed by atoms with Crippen molar-refractivity contribution >= 4 is 23.2 Å². The molecule has 0 spiro atoms. The summed E-state index contributed by atoms with van der Waals surface area (Å²) in [5.41, 5.74) is 3.38. The number of fused-ring (bicyclic) bond motifs is 1. The Labute approximate surface area is 171 Å². The zero-order chi connectivity index (χ0) is 19.4. The molecule has 0 aliphatic carbocycles. The van der Waals surface area contributed by atoms with Crippen molar-refractivity contribution in [2.24, 2.45) is 0 Å². The summed E-state index contributed by atoms with van der Waals surface area (Å²) in [6, 6.07) is 9.91. The van der Waals surface area contributed by atoms with Gasteiger partial charge in [-0.15, -0.1) is 0 Å². The number of hydrogen-bond acceptors (Lipinski definition) is 4. The van der Waals surface area contributed by atoms with Gasteiger partial charge in [0.25, 0.3) is 0 Å². The molecular formula is C21H26Cl2N2O2. The molecule has 1 N–H and O–H groups in total. The lowest BCUT2D eigenvalue weighted by Crippen LogP contribution is -2.31. The molecule has 0 radical (unpaired) electrons. The third kappa shape index (κ3) is 4.69. The lowest BCUT2D eigenvalue weighted by atomic mass is 9.89. The van der Waals surface area contributed by atoms with Crippen LogP contribution in [0, 0.1) is 0 Å². The molecule has 0 fully saturated rings. The highest BCUT2D eigenvalue weighted by Crippen LogP contribution is 2.40. The quantitative estimate of drug-likeness (QED) is 0.680. The zero-order valence-electron chi connectivity index (χ0n) is 16.0. The van der Waals surface area contributed by atoms with E-state index in [1.165, 1.54) is 5.56 Å². The van der Waals surface area contributed by atoms with E-state index in [4.69, 9.17) is 32.7 Å². The van der Waals surface area contributed by atoms with Crippen LogP contribution in [0.25, 0.3) is 0 Å². The molecule has 3 rings (SSSR count). The first kappa shape index (κ1) is 20.3. The normalized spacial score (nSPS) is 16.3. The highest BCUT2D eigenvalue weighted by molar-refractivity contribution is 6.42. The van der Waals surface area contributed by atoms with E-state index in [9.17, 15) is 0 Å². The summed E-state index contributed by atoms with van der Waals surface area (Å²) < 4.78 is 11.6. The van der Waals surface area contributed by atoms with Gasteiger partial charge in [-0.2, -0.15) is 0 Å². The van der Waals surface area contributed by atoms with Crippen LogP contribution in [0.15, 0.2) is 30.3 Å². The van der Waals surface area contributed by atoms with Gasteiger partial charge in [-0.3, -0.25) is 0 Å². The number of nitrogens with one attached hydrogen (secondary N) is 1. The Kier molecular flexibility index (Phi) is 6.88. The summed E-state index contributed by atoms with van der Waals surface area (Å²) in [6.45, 7) is 2.49. The number of rotatable bonds is 7. The highest BCUT2D eigenvalue weighted by atomic mass is 35.5. The van der Waals surface area contributed by atoms with Crippen LogP contribution < -0.4 is 14.8 Å². The lowest BCUT2D eigenvalue weighted by Gasteiger charge is -2.29. The number of benzene rings is 2. The third-order valence-electron chi connectivity index (χ3n) is 4.78. The van der Waals surface area contributed by atoms with Crippen molar-refractivity contribution in [2.45, 2.75) is 18.9 Å². The van der Waals surface area contributed by atoms with E-state index in [1.54, 1.807) is 7.11 Å². The number of nitrogens with zero attached hydrogens (tertiary/aromatic N) is 1. The first-order chi connectivity index (χ1) is 13.0. The monoisotopic (exact) mass is 408 g/mol. The summed E-state index contributed by atoms with van der Waals surface area (Å²) in [5.74, 6) is 1.54. The summed E-state index contributed by atoms with van der Waals surface area (Å²) in [4.78, 5) is 2.15. The molecule has 1 aliphatic heterocycles. The third-order valence-corrected chi connectivity index (χ3v) is 5.61. The van der Waals surface area contributed by atoms with Crippen LogP contribution in [-0.4, -0.2) is 45.8 Å². The Morgan fingerprint density at radius 1 is 1.15 bits per heavy atom. The summed E-state index contributed by atoms with van der Waals surface area (Å²) in [7, 11) is 5.80. The molecule has 146 valence electrons. The Bertz CT molecular complexity index is 796. The van der Waals surface area contributed by atoms with Gasteiger partial charge in [0.05, 0.1) is 29.8 Å². The van der Waals surface area contributed by atoms with E-state index < -0.39 is 0 Å². The van der Waals surface area contributed by atoms with E-state index in [2.05, 4.69) is 36.4 Å². The number of methoxy groups -OCH3 is 1. The average molecular weight is 409 g/mol. The van der Waals surface area contributed by atoms with Gasteiger partial charge in [0.1, 0.15) is 0 Å². The van der Waals surface area contributed by atoms with Gasteiger partial charge in [-0.25, -0.2) is 0 Å². The molecule has 0 aromatic heterocycles. The maximum Gasteiger partial charge on any atom is 0.161 e. The fourth-order valence-corrected chi connectivity index (χ4v) is 3.84. The van der Waals surface area contributed by atoms with Crippen molar-refractivity contribution in [3.8, 4) is 11.5 Å². The zero-order valence-corrected chi connectivity index (χ0v) is 17.5. The van der Waals surface area contributed by atoms with E-state index in [0.29, 0.717) is 16.7 Å². The second-order valence-corrected chi connectivity index (χ2v) is 7.77. The Morgan fingerprint density at radius 3 is 2.70 bits per heavy atom. The molecule has 0 amide bonds. The molecular weight excluding hydrogens is 383 g/mol. The molecule has 1 heterocycles. The minimum Gasteiger partial charge on any atom is -0.493 e. The van der Waals surface area contributed by atoms with Crippen LogP contribution >= 0.6 is 23.2 Å². The largest absolute Gasteiger partial charge is 0.493 e. The van der Waals surface area contributed by atoms with Gasteiger partial charge in [0, 0.05) is 13.1 Å². The van der Waals surface area contributed by atoms with Crippen LogP contribution in [-0.2, 0) is 6.42 Å². The lowest BCUT2D eigenvalue weighted by molar-refractivity contribution is 0.267. The highest BCUT2D eigenvalue weighted by Gasteiger charge is 2.26. The van der Waals surface area contributed by atoms with Crippen LogP contribution in [0.3, 0.4) is 0 Å². The summed E-state index contributed by atoms with van der Waals surface area (Å²) >= 11 is 12.7. The van der Waals surface area contributed by atoms with Crippen LogP contribution in [0.1, 0.15) is 29.2 Å². The van der Waals surface area contributed by atoms with Crippen LogP contribution in [0.4, 0.5) is 0 Å². The second-order valence-electron chi connectivity index (χ2n) is 6.99. The van der Waals surface area contributed by atoms with Gasteiger partial charge < -0.3 is 19.7 Å². The van der Waals surface area contributed by atoms with Crippen molar-refractivity contribution in [1.82, 2.24) is 10.2 Å². The predicted octanol–water partition coefficient (Wildman–Crippen LogP) is 4.57. The second kappa shape index (κ2) is 9.16. The average Bonchev–Trinajstić information content (AvgIpc) is 2.66. The van der Waals surface area contributed by atoms with E-state index >= 15 is 0 Å². The molecule has 2 aromatic rings. The fourth-order valence-electron chi connectivity index (χ4n) is 3.42.